The quantitative estimate of drug-likeness (QED) is 0.466. The Kier molecular flexibility index (Phi) is 6.07. The van der Waals surface area contributed by atoms with E-state index in [1.807, 2.05) is 0 Å². The SMILES string of the molecule is C[B]CCCC(C)C1(C)CCCN(C2CCC(=O)NC2=O)C1. The summed E-state index contributed by atoms with van der Waals surface area (Å²) in [7, 11) is 2.24. The van der Waals surface area contributed by atoms with Gasteiger partial charge in [0, 0.05) is 13.0 Å². The number of amides is 2. The summed E-state index contributed by atoms with van der Waals surface area (Å²) in [6, 6.07) is -0.103. The fourth-order valence-corrected chi connectivity index (χ4v) is 3.98. The molecule has 1 radical (unpaired) electrons. The number of carbonyl (C=O) groups excluding carboxylic acids is 2. The van der Waals surface area contributed by atoms with E-state index in [0.29, 0.717) is 18.8 Å². The molecular formula is C17H30BN2O2. The van der Waals surface area contributed by atoms with Gasteiger partial charge in [-0.25, -0.2) is 0 Å². The molecule has 4 nitrogen and oxygen atoms in total. The second kappa shape index (κ2) is 7.63. The van der Waals surface area contributed by atoms with Gasteiger partial charge < -0.3 is 0 Å². The van der Waals surface area contributed by atoms with Crippen LogP contribution in [0.25, 0.3) is 0 Å². The van der Waals surface area contributed by atoms with Crippen molar-refractivity contribution in [2.75, 3.05) is 13.1 Å². The molecule has 0 aromatic heterocycles. The van der Waals surface area contributed by atoms with Gasteiger partial charge in [0.15, 0.2) is 0 Å². The number of rotatable bonds is 6. The van der Waals surface area contributed by atoms with Crippen molar-refractivity contribution in [3.05, 3.63) is 0 Å². The average molecular weight is 305 g/mol. The summed E-state index contributed by atoms with van der Waals surface area (Å²) >= 11 is 0. The zero-order valence-electron chi connectivity index (χ0n) is 14.4. The Morgan fingerprint density at radius 3 is 2.91 bits per heavy atom. The number of nitrogens with one attached hydrogen (secondary N) is 1. The van der Waals surface area contributed by atoms with E-state index in [2.05, 4.69) is 38.2 Å². The number of carbonyl (C=O) groups is 2. The Bertz CT molecular complexity index is 415. The highest BCUT2D eigenvalue weighted by molar-refractivity contribution is 6.33. The van der Waals surface area contributed by atoms with Gasteiger partial charge >= 0.3 is 0 Å². The standard InChI is InChI=1S/C17H30BN2O2/c1-13(6-4-10-18-3)17(2)9-5-11-20(12-17)14-7-8-15(21)19-16(14)22/h13-14H,4-12H2,1-3H3,(H,19,21,22). The molecular weight excluding hydrogens is 275 g/mol. The molecule has 2 saturated heterocycles. The van der Waals surface area contributed by atoms with Crippen LogP contribution < -0.4 is 5.32 Å². The molecule has 2 amide bonds. The molecule has 5 heteroatoms. The first-order valence-electron chi connectivity index (χ1n) is 8.82. The second-order valence-electron chi connectivity index (χ2n) is 7.44. The lowest BCUT2D eigenvalue weighted by Gasteiger charge is -2.47. The predicted octanol–water partition coefficient (Wildman–Crippen LogP) is 2.48. The van der Waals surface area contributed by atoms with E-state index in [1.165, 1.54) is 25.6 Å². The molecule has 3 atom stereocenters. The van der Waals surface area contributed by atoms with Crippen LogP contribution in [0.5, 0.6) is 0 Å². The van der Waals surface area contributed by atoms with Crippen LogP contribution in [-0.2, 0) is 9.59 Å². The zero-order chi connectivity index (χ0) is 16.2. The molecule has 1 N–H and O–H groups in total. The number of hydrogen-bond acceptors (Lipinski definition) is 3. The molecule has 2 fully saturated rings. The molecule has 2 aliphatic rings. The third kappa shape index (κ3) is 4.12. The minimum atomic E-state index is -0.120. The first-order chi connectivity index (χ1) is 10.5. The van der Waals surface area contributed by atoms with Crippen LogP contribution in [0.3, 0.4) is 0 Å². The van der Waals surface area contributed by atoms with Crippen LogP contribution in [0.15, 0.2) is 0 Å². The first kappa shape index (κ1) is 17.5. The molecule has 3 unspecified atom stereocenters. The Morgan fingerprint density at radius 1 is 1.45 bits per heavy atom. The summed E-state index contributed by atoms with van der Waals surface area (Å²) < 4.78 is 0. The Balaban J connectivity index is 1.95. The van der Waals surface area contributed by atoms with Gasteiger partial charge in [-0.05, 0) is 37.1 Å². The number of imide groups is 1. The topological polar surface area (TPSA) is 49.4 Å². The summed E-state index contributed by atoms with van der Waals surface area (Å²) in [5.74, 6) is 0.461. The average Bonchev–Trinajstić information content (AvgIpc) is 2.47. The maximum absolute atomic E-state index is 12.1. The van der Waals surface area contributed by atoms with Gasteiger partial charge in [-0.2, -0.15) is 0 Å². The van der Waals surface area contributed by atoms with E-state index in [-0.39, 0.29) is 23.3 Å². The minimum Gasteiger partial charge on any atom is -0.295 e. The fraction of sp³-hybridized carbons (Fsp3) is 0.882. The van der Waals surface area contributed by atoms with Crippen molar-refractivity contribution in [3.63, 3.8) is 0 Å². The number of nitrogens with zero attached hydrogens (tertiary/aromatic N) is 1. The predicted molar refractivity (Wildman–Crippen MR) is 89.9 cm³/mol. The van der Waals surface area contributed by atoms with Crippen LogP contribution >= 0.6 is 0 Å². The van der Waals surface area contributed by atoms with Crippen LogP contribution in [0, 0.1) is 11.3 Å². The number of hydrogen-bond donors (Lipinski definition) is 1. The maximum atomic E-state index is 12.1. The molecule has 0 aromatic rings. The maximum Gasteiger partial charge on any atom is 0.243 e. The molecule has 2 aliphatic heterocycles. The molecule has 2 rings (SSSR count). The van der Waals surface area contributed by atoms with Crippen molar-refractivity contribution in [2.24, 2.45) is 11.3 Å². The molecule has 0 aromatic carbocycles. The highest BCUT2D eigenvalue weighted by Gasteiger charge is 2.40. The fourth-order valence-electron chi connectivity index (χ4n) is 3.98. The summed E-state index contributed by atoms with van der Waals surface area (Å²) in [5.41, 5.74) is 0.285. The van der Waals surface area contributed by atoms with Gasteiger partial charge in [0.1, 0.15) is 7.28 Å². The molecule has 0 aliphatic carbocycles. The van der Waals surface area contributed by atoms with E-state index in [4.69, 9.17) is 0 Å². The van der Waals surface area contributed by atoms with Gasteiger partial charge in [0.25, 0.3) is 0 Å². The van der Waals surface area contributed by atoms with Gasteiger partial charge in [-0.1, -0.05) is 39.8 Å². The van der Waals surface area contributed by atoms with Crippen LogP contribution in [0.1, 0.15) is 52.4 Å². The first-order valence-corrected chi connectivity index (χ1v) is 8.82. The third-order valence-corrected chi connectivity index (χ3v) is 5.73. The van der Waals surface area contributed by atoms with Crippen molar-refractivity contribution in [1.82, 2.24) is 10.2 Å². The van der Waals surface area contributed by atoms with Gasteiger partial charge in [0.2, 0.25) is 11.8 Å². The van der Waals surface area contributed by atoms with Crippen molar-refractivity contribution in [1.29, 1.82) is 0 Å². The molecule has 0 spiro atoms. The largest absolute Gasteiger partial charge is 0.295 e. The third-order valence-electron chi connectivity index (χ3n) is 5.73. The lowest BCUT2D eigenvalue weighted by Crippen LogP contribution is -2.57. The van der Waals surface area contributed by atoms with Crippen LogP contribution in [-0.4, -0.2) is 43.1 Å². The van der Waals surface area contributed by atoms with Crippen molar-refractivity contribution >= 4 is 19.1 Å². The molecule has 123 valence electrons. The van der Waals surface area contributed by atoms with Crippen LogP contribution in [0.2, 0.25) is 13.1 Å². The summed E-state index contributed by atoms with van der Waals surface area (Å²) in [5, 5.41) is 2.50. The van der Waals surface area contributed by atoms with Crippen molar-refractivity contribution in [3.8, 4) is 0 Å². The summed E-state index contributed by atoms with van der Waals surface area (Å²) in [6.45, 7) is 8.83. The number of piperidine rings is 2. The highest BCUT2D eigenvalue weighted by atomic mass is 16.2. The molecule has 0 saturated carbocycles. The van der Waals surface area contributed by atoms with Crippen molar-refractivity contribution in [2.45, 2.75) is 71.6 Å². The van der Waals surface area contributed by atoms with E-state index in [9.17, 15) is 9.59 Å². The summed E-state index contributed by atoms with van der Waals surface area (Å²) in [4.78, 5) is 25.8. The van der Waals surface area contributed by atoms with Gasteiger partial charge in [-0.3, -0.25) is 19.8 Å². The lowest BCUT2D eigenvalue weighted by molar-refractivity contribution is -0.139. The Hall–Kier alpha value is -0.835. The van der Waals surface area contributed by atoms with E-state index in [1.54, 1.807) is 0 Å². The van der Waals surface area contributed by atoms with E-state index >= 15 is 0 Å². The Labute approximate surface area is 135 Å². The number of likely N-dealkylation sites (tertiary alicyclic amines) is 1. The molecule has 2 heterocycles. The monoisotopic (exact) mass is 305 g/mol. The zero-order valence-corrected chi connectivity index (χ0v) is 14.4. The smallest absolute Gasteiger partial charge is 0.243 e. The molecule has 22 heavy (non-hydrogen) atoms. The molecule has 0 bridgehead atoms. The Morgan fingerprint density at radius 2 is 2.23 bits per heavy atom. The minimum absolute atomic E-state index is 0.0891. The van der Waals surface area contributed by atoms with Crippen molar-refractivity contribution < 1.29 is 9.59 Å². The van der Waals surface area contributed by atoms with E-state index < -0.39 is 0 Å². The second-order valence-corrected chi connectivity index (χ2v) is 7.44. The van der Waals surface area contributed by atoms with E-state index in [0.717, 1.165) is 19.5 Å². The van der Waals surface area contributed by atoms with Crippen LogP contribution in [0.4, 0.5) is 0 Å². The van der Waals surface area contributed by atoms with Gasteiger partial charge in [-0.15, -0.1) is 0 Å². The highest BCUT2D eigenvalue weighted by Crippen LogP contribution is 2.40. The summed E-state index contributed by atoms with van der Waals surface area (Å²) in [6.07, 6.45) is 7.25. The van der Waals surface area contributed by atoms with Gasteiger partial charge in [0.05, 0.1) is 6.04 Å². The lowest BCUT2D eigenvalue weighted by atomic mass is 9.68. The normalized spacial score (nSPS) is 31.7.